The van der Waals surface area contributed by atoms with Crippen LogP contribution in [0.2, 0.25) is 0 Å². The van der Waals surface area contributed by atoms with E-state index in [0.717, 1.165) is 11.5 Å². The highest BCUT2D eigenvalue weighted by molar-refractivity contribution is 5.45. The van der Waals surface area contributed by atoms with Crippen LogP contribution in [0.25, 0.3) is 0 Å². The van der Waals surface area contributed by atoms with E-state index in [1.54, 1.807) is 18.2 Å². The summed E-state index contributed by atoms with van der Waals surface area (Å²) in [5.74, 6) is 1.87. The zero-order chi connectivity index (χ0) is 14.0. The smallest absolute Gasteiger partial charge is 0.124 e. The van der Waals surface area contributed by atoms with E-state index in [-0.39, 0.29) is 23.6 Å². The topological polar surface area (TPSA) is 65.6 Å². The zero-order valence-electron chi connectivity index (χ0n) is 11.3. The minimum Gasteiger partial charge on any atom is -0.507 e. The van der Waals surface area contributed by atoms with Crippen molar-refractivity contribution in [2.75, 3.05) is 0 Å². The number of furan rings is 1. The van der Waals surface area contributed by atoms with Crippen LogP contribution in [0.15, 0.2) is 34.7 Å². The van der Waals surface area contributed by atoms with Crippen molar-refractivity contribution < 1.29 is 14.6 Å². The van der Waals surface area contributed by atoms with Crippen LogP contribution in [0, 0.1) is 6.92 Å². The van der Waals surface area contributed by atoms with Gasteiger partial charge >= 0.3 is 0 Å². The van der Waals surface area contributed by atoms with Crippen molar-refractivity contribution in [3.8, 4) is 11.5 Å². The quantitative estimate of drug-likeness (QED) is 0.789. The highest BCUT2D eigenvalue weighted by Crippen LogP contribution is 2.33. The van der Waals surface area contributed by atoms with Gasteiger partial charge in [0.05, 0.1) is 11.6 Å². The first-order valence-corrected chi connectivity index (χ1v) is 6.32. The number of aryl methyl sites for hydroxylation is 1. The predicted octanol–water partition coefficient (Wildman–Crippen LogP) is 3.41. The summed E-state index contributed by atoms with van der Waals surface area (Å²) in [6.07, 6.45) is 0. The van der Waals surface area contributed by atoms with Gasteiger partial charge in [-0.1, -0.05) is 6.07 Å². The Hall–Kier alpha value is -1.94. The number of hydrogen-bond acceptors (Lipinski definition) is 4. The van der Waals surface area contributed by atoms with Gasteiger partial charge in [0.1, 0.15) is 23.0 Å². The van der Waals surface area contributed by atoms with Crippen molar-refractivity contribution in [2.45, 2.75) is 32.9 Å². The Labute approximate surface area is 112 Å². The summed E-state index contributed by atoms with van der Waals surface area (Å²) in [6, 6.07) is 8.37. The molecular weight excluding hydrogens is 242 g/mol. The summed E-state index contributed by atoms with van der Waals surface area (Å²) in [7, 11) is 0. The SMILES string of the molecule is Cc1ccc(C(C)NC(C)c2c(O)cccc2O)o1. The fraction of sp³-hybridized carbons (Fsp3) is 0.333. The number of hydrogen-bond donors (Lipinski definition) is 3. The fourth-order valence-corrected chi connectivity index (χ4v) is 2.21. The minimum absolute atomic E-state index is 0.0114. The number of aromatic hydroxyl groups is 2. The van der Waals surface area contributed by atoms with Crippen molar-refractivity contribution >= 4 is 0 Å². The molecule has 1 aromatic carbocycles. The number of phenolic OH excluding ortho intramolecular Hbond substituents is 2. The molecule has 0 bridgehead atoms. The van der Waals surface area contributed by atoms with Gasteiger partial charge in [0.2, 0.25) is 0 Å². The second-order valence-electron chi connectivity index (χ2n) is 4.77. The average Bonchev–Trinajstić information content (AvgIpc) is 2.75. The van der Waals surface area contributed by atoms with Crippen LogP contribution >= 0.6 is 0 Å². The van der Waals surface area contributed by atoms with Gasteiger partial charge in [-0.2, -0.15) is 0 Å². The van der Waals surface area contributed by atoms with Gasteiger partial charge in [-0.3, -0.25) is 0 Å². The van der Waals surface area contributed by atoms with Gasteiger partial charge < -0.3 is 19.9 Å². The summed E-state index contributed by atoms with van der Waals surface area (Å²) >= 11 is 0. The first kappa shape index (κ1) is 13.5. The molecule has 0 aliphatic heterocycles. The van der Waals surface area contributed by atoms with Crippen LogP contribution in [0.3, 0.4) is 0 Å². The van der Waals surface area contributed by atoms with Gasteiger partial charge in [0, 0.05) is 6.04 Å². The van der Waals surface area contributed by atoms with Crippen molar-refractivity contribution in [2.24, 2.45) is 0 Å². The third kappa shape index (κ3) is 2.90. The summed E-state index contributed by atoms with van der Waals surface area (Å²) < 4.78 is 5.56. The average molecular weight is 261 g/mol. The molecule has 0 spiro atoms. The molecule has 0 radical (unpaired) electrons. The van der Waals surface area contributed by atoms with Crippen LogP contribution in [0.5, 0.6) is 11.5 Å². The molecule has 2 rings (SSSR count). The summed E-state index contributed by atoms with van der Waals surface area (Å²) in [6.45, 7) is 5.77. The van der Waals surface area contributed by atoms with Gasteiger partial charge in [0.15, 0.2) is 0 Å². The molecule has 3 N–H and O–H groups in total. The number of phenols is 2. The van der Waals surface area contributed by atoms with Gasteiger partial charge in [-0.15, -0.1) is 0 Å². The van der Waals surface area contributed by atoms with Crippen LogP contribution in [-0.4, -0.2) is 10.2 Å². The molecule has 2 atom stereocenters. The van der Waals surface area contributed by atoms with E-state index in [2.05, 4.69) is 5.32 Å². The highest BCUT2D eigenvalue weighted by Gasteiger charge is 2.18. The monoisotopic (exact) mass is 261 g/mol. The summed E-state index contributed by atoms with van der Waals surface area (Å²) in [4.78, 5) is 0. The van der Waals surface area contributed by atoms with Gasteiger partial charge in [-0.25, -0.2) is 0 Å². The van der Waals surface area contributed by atoms with E-state index in [4.69, 9.17) is 4.42 Å². The molecule has 0 fully saturated rings. The van der Waals surface area contributed by atoms with E-state index in [1.165, 1.54) is 0 Å². The Kier molecular flexibility index (Phi) is 3.81. The normalized spacial score (nSPS) is 14.3. The number of benzene rings is 1. The standard InChI is InChI=1S/C15H19NO3/c1-9-7-8-14(19-9)10(2)16-11(3)15-12(17)5-4-6-13(15)18/h4-8,10-11,16-18H,1-3H3. The van der Waals surface area contributed by atoms with E-state index in [9.17, 15) is 10.2 Å². The molecule has 0 saturated carbocycles. The Morgan fingerprint density at radius 2 is 1.63 bits per heavy atom. The van der Waals surface area contributed by atoms with Crippen molar-refractivity contribution in [3.63, 3.8) is 0 Å². The maximum atomic E-state index is 9.83. The first-order chi connectivity index (χ1) is 8.99. The molecule has 0 saturated heterocycles. The first-order valence-electron chi connectivity index (χ1n) is 6.32. The van der Waals surface area contributed by atoms with Gasteiger partial charge in [0.25, 0.3) is 0 Å². The van der Waals surface area contributed by atoms with Crippen LogP contribution in [0.1, 0.15) is 43.0 Å². The second-order valence-corrected chi connectivity index (χ2v) is 4.77. The molecule has 0 amide bonds. The van der Waals surface area contributed by atoms with Crippen LogP contribution < -0.4 is 5.32 Å². The lowest BCUT2D eigenvalue weighted by molar-refractivity contribution is 0.373. The third-order valence-electron chi connectivity index (χ3n) is 3.18. The molecule has 0 aliphatic carbocycles. The lowest BCUT2D eigenvalue weighted by Gasteiger charge is -2.20. The van der Waals surface area contributed by atoms with E-state index < -0.39 is 0 Å². The molecule has 4 nitrogen and oxygen atoms in total. The molecule has 19 heavy (non-hydrogen) atoms. The van der Waals surface area contributed by atoms with Crippen LogP contribution in [-0.2, 0) is 0 Å². The Bertz CT molecular complexity index is 542. The predicted molar refractivity (Wildman–Crippen MR) is 73.2 cm³/mol. The molecule has 2 aromatic rings. The molecule has 0 aliphatic rings. The summed E-state index contributed by atoms with van der Waals surface area (Å²) in [5, 5.41) is 22.9. The largest absolute Gasteiger partial charge is 0.507 e. The lowest BCUT2D eigenvalue weighted by Crippen LogP contribution is -2.22. The minimum atomic E-state index is -0.193. The number of nitrogens with one attached hydrogen (secondary N) is 1. The van der Waals surface area contributed by atoms with E-state index in [0.29, 0.717) is 5.56 Å². The maximum absolute atomic E-state index is 9.83. The van der Waals surface area contributed by atoms with E-state index in [1.807, 2.05) is 32.9 Å². The Morgan fingerprint density at radius 1 is 1.00 bits per heavy atom. The maximum Gasteiger partial charge on any atom is 0.124 e. The zero-order valence-corrected chi connectivity index (χ0v) is 11.3. The van der Waals surface area contributed by atoms with Crippen molar-refractivity contribution in [1.82, 2.24) is 5.32 Å². The van der Waals surface area contributed by atoms with Crippen LogP contribution in [0.4, 0.5) is 0 Å². The Morgan fingerprint density at radius 3 is 2.16 bits per heavy atom. The molecule has 1 heterocycles. The fourth-order valence-electron chi connectivity index (χ4n) is 2.21. The third-order valence-corrected chi connectivity index (χ3v) is 3.18. The van der Waals surface area contributed by atoms with E-state index >= 15 is 0 Å². The Balaban J connectivity index is 2.15. The molecule has 1 aromatic heterocycles. The highest BCUT2D eigenvalue weighted by atomic mass is 16.3. The van der Waals surface area contributed by atoms with Crippen molar-refractivity contribution in [3.05, 3.63) is 47.4 Å². The molecular formula is C15H19NO3. The van der Waals surface area contributed by atoms with Crippen molar-refractivity contribution in [1.29, 1.82) is 0 Å². The lowest BCUT2D eigenvalue weighted by atomic mass is 10.0. The summed E-state index contributed by atoms with van der Waals surface area (Å²) in [5.41, 5.74) is 0.498. The van der Waals surface area contributed by atoms with Gasteiger partial charge in [-0.05, 0) is 45.0 Å². The number of rotatable bonds is 4. The molecule has 4 heteroatoms. The second kappa shape index (κ2) is 5.36. The molecule has 102 valence electrons. The molecule has 2 unspecified atom stereocenters.